The van der Waals surface area contributed by atoms with Crippen molar-refractivity contribution in [2.45, 2.75) is 77.0 Å². The Labute approximate surface area is 188 Å². The van der Waals surface area contributed by atoms with Crippen LogP contribution in [0.1, 0.15) is 59.3 Å². The van der Waals surface area contributed by atoms with Gasteiger partial charge >= 0.3 is 6.09 Å². The zero-order valence-electron chi connectivity index (χ0n) is 17.9. The molecule has 1 unspecified atom stereocenters. The molecule has 1 aliphatic carbocycles. The van der Waals surface area contributed by atoms with Gasteiger partial charge in [-0.1, -0.05) is 12.8 Å². The van der Waals surface area contributed by atoms with Crippen LogP contribution in [0.25, 0.3) is 0 Å². The number of carbonyl (C=O) groups excluding carboxylic acids is 1. The Bertz CT molecular complexity index is 699. The van der Waals surface area contributed by atoms with Crippen molar-refractivity contribution in [3.8, 4) is 0 Å². The molecule has 1 aromatic rings. The van der Waals surface area contributed by atoms with Crippen molar-refractivity contribution in [1.82, 2.24) is 5.32 Å². The van der Waals surface area contributed by atoms with Gasteiger partial charge in [-0.3, -0.25) is 0 Å². The molecule has 0 bridgehead atoms. The second-order valence-corrected chi connectivity index (χ2v) is 10.5. The normalized spacial score (nSPS) is 25.9. The topological polar surface area (TPSA) is 53.9 Å². The van der Waals surface area contributed by atoms with E-state index in [4.69, 9.17) is 4.74 Å². The maximum Gasteiger partial charge on any atom is 0.433 e. The molecule has 1 aliphatic heterocycles. The van der Waals surface area contributed by atoms with Crippen LogP contribution in [0.4, 0.5) is 10.5 Å². The van der Waals surface area contributed by atoms with E-state index in [1.807, 2.05) is 27.0 Å². The maximum absolute atomic E-state index is 12.0. The molecule has 0 aromatic heterocycles. The Morgan fingerprint density at radius 3 is 2.62 bits per heavy atom. The standard InChI is InChI=1S/C23H34IN3O2/c1-23(2,3)29-22(28)25-15-17-7-4-5-9-21(17)26-19-8-6-14-27(16-19)20-12-10-18(24)11-13-20/h10-13,15,17,19,21,26H,4-9,14,16H2,1-3H3/b25-15+/t17?,19-,21+/m0/s1. The van der Waals surface area contributed by atoms with Crippen molar-refractivity contribution >= 4 is 40.6 Å². The fraction of sp³-hybridized carbons (Fsp3) is 0.652. The first-order chi connectivity index (χ1) is 13.8. The Kier molecular flexibility index (Phi) is 7.96. The average molecular weight is 511 g/mol. The lowest BCUT2D eigenvalue weighted by Crippen LogP contribution is -2.52. The molecule has 1 aromatic carbocycles. The van der Waals surface area contributed by atoms with Crippen LogP contribution in [0, 0.1) is 9.49 Å². The van der Waals surface area contributed by atoms with Crippen LogP contribution in [0.5, 0.6) is 0 Å². The molecule has 1 amide bonds. The summed E-state index contributed by atoms with van der Waals surface area (Å²) in [5.41, 5.74) is 0.809. The number of amides is 1. The predicted molar refractivity (Wildman–Crippen MR) is 128 cm³/mol. The van der Waals surface area contributed by atoms with E-state index in [0.29, 0.717) is 18.0 Å². The molecule has 2 fully saturated rings. The maximum atomic E-state index is 12.0. The number of hydrogen-bond acceptors (Lipinski definition) is 4. The monoisotopic (exact) mass is 511 g/mol. The van der Waals surface area contributed by atoms with E-state index >= 15 is 0 Å². The molecule has 3 rings (SSSR count). The zero-order chi connectivity index (χ0) is 20.9. The Morgan fingerprint density at radius 1 is 1.17 bits per heavy atom. The summed E-state index contributed by atoms with van der Waals surface area (Å²) in [7, 11) is 0. The first kappa shape index (κ1) is 22.5. The van der Waals surface area contributed by atoms with E-state index in [1.54, 1.807) is 0 Å². The summed E-state index contributed by atoms with van der Waals surface area (Å²) in [5.74, 6) is 0.296. The van der Waals surface area contributed by atoms with Gasteiger partial charge in [0.15, 0.2) is 0 Å². The second-order valence-electron chi connectivity index (χ2n) is 9.24. The van der Waals surface area contributed by atoms with Gasteiger partial charge in [-0.2, -0.15) is 4.99 Å². The fourth-order valence-electron chi connectivity index (χ4n) is 4.29. The van der Waals surface area contributed by atoms with E-state index in [0.717, 1.165) is 25.9 Å². The summed E-state index contributed by atoms with van der Waals surface area (Å²) in [6, 6.07) is 9.66. The van der Waals surface area contributed by atoms with Crippen LogP contribution in [-0.2, 0) is 4.74 Å². The molecule has 5 nitrogen and oxygen atoms in total. The number of benzene rings is 1. The predicted octanol–water partition coefficient (Wildman–Crippen LogP) is 5.41. The van der Waals surface area contributed by atoms with Gasteiger partial charge in [-0.05, 0) is 93.3 Å². The van der Waals surface area contributed by atoms with Crippen molar-refractivity contribution in [3.05, 3.63) is 27.8 Å². The zero-order valence-corrected chi connectivity index (χ0v) is 20.0. The number of anilines is 1. The third kappa shape index (κ3) is 7.24. The number of ether oxygens (including phenoxy) is 1. The van der Waals surface area contributed by atoms with Crippen molar-refractivity contribution in [2.75, 3.05) is 18.0 Å². The van der Waals surface area contributed by atoms with Gasteiger partial charge in [0.1, 0.15) is 5.60 Å². The molecule has 29 heavy (non-hydrogen) atoms. The Balaban J connectivity index is 1.58. The van der Waals surface area contributed by atoms with Crippen LogP contribution in [0.15, 0.2) is 29.3 Å². The molecular weight excluding hydrogens is 477 g/mol. The third-order valence-corrected chi connectivity index (χ3v) is 6.37. The number of nitrogens with zero attached hydrogens (tertiary/aromatic N) is 2. The molecule has 2 aliphatic rings. The highest BCUT2D eigenvalue weighted by Gasteiger charge is 2.29. The highest BCUT2D eigenvalue weighted by Crippen LogP contribution is 2.26. The van der Waals surface area contributed by atoms with Crippen molar-refractivity contribution < 1.29 is 9.53 Å². The minimum Gasteiger partial charge on any atom is -0.442 e. The Hall–Kier alpha value is -1.15. The lowest BCUT2D eigenvalue weighted by atomic mass is 9.84. The molecule has 0 spiro atoms. The second kappa shape index (κ2) is 10.2. The molecule has 160 valence electrons. The van der Waals surface area contributed by atoms with Gasteiger partial charge in [0.2, 0.25) is 0 Å². The van der Waals surface area contributed by atoms with Crippen molar-refractivity contribution in [2.24, 2.45) is 10.9 Å². The van der Waals surface area contributed by atoms with Gasteiger partial charge in [-0.25, -0.2) is 4.79 Å². The van der Waals surface area contributed by atoms with Crippen LogP contribution < -0.4 is 10.2 Å². The van der Waals surface area contributed by atoms with E-state index in [9.17, 15) is 4.79 Å². The largest absolute Gasteiger partial charge is 0.442 e. The van der Waals surface area contributed by atoms with Crippen LogP contribution in [-0.4, -0.2) is 43.1 Å². The number of nitrogens with one attached hydrogen (secondary N) is 1. The summed E-state index contributed by atoms with van der Waals surface area (Å²) >= 11 is 2.35. The SMILES string of the molecule is CC(C)(C)OC(=O)/N=C/C1CCCC[C@H]1N[C@H]1CCCN(c2ccc(I)cc2)C1. The number of rotatable bonds is 4. The first-order valence-corrected chi connectivity index (χ1v) is 11.9. The summed E-state index contributed by atoms with van der Waals surface area (Å²) in [4.78, 5) is 18.6. The van der Waals surface area contributed by atoms with Crippen LogP contribution in [0.3, 0.4) is 0 Å². The first-order valence-electron chi connectivity index (χ1n) is 10.8. The van der Waals surface area contributed by atoms with Gasteiger partial charge < -0.3 is 15.0 Å². The quantitative estimate of drug-likeness (QED) is 0.434. The summed E-state index contributed by atoms with van der Waals surface area (Å²) in [5, 5.41) is 3.90. The number of hydrogen-bond donors (Lipinski definition) is 1. The smallest absolute Gasteiger partial charge is 0.433 e. The molecule has 6 heteroatoms. The summed E-state index contributed by atoms with van der Waals surface area (Å²) < 4.78 is 6.59. The fourth-order valence-corrected chi connectivity index (χ4v) is 4.65. The van der Waals surface area contributed by atoms with Gasteiger partial charge in [0.05, 0.1) is 0 Å². The number of carbonyl (C=O) groups is 1. The van der Waals surface area contributed by atoms with Gasteiger partial charge in [0, 0.05) is 46.6 Å². The Morgan fingerprint density at radius 2 is 1.90 bits per heavy atom. The molecule has 1 heterocycles. The number of piperidine rings is 1. The van der Waals surface area contributed by atoms with Crippen LogP contribution in [0.2, 0.25) is 0 Å². The molecule has 0 radical (unpaired) electrons. The van der Waals surface area contributed by atoms with Crippen LogP contribution >= 0.6 is 22.6 Å². The summed E-state index contributed by atoms with van der Waals surface area (Å²) in [6.07, 6.45) is 8.42. The minimum absolute atomic E-state index is 0.296. The van der Waals surface area contributed by atoms with E-state index in [1.165, 1.54) is 34.9 Å². The minimum atomic E-state index is -0.500. The molecule has 3 atom stereocenters. The van der Waals surface area contributed by atoms with E-state index in [-0.39, 0.29) is 0 Å². The summed E-state index contributed by atoms with van der Waals surface area (Å²) in [6.45, 7) is 7.76. The molecule has 1 saturated carbocycles. The lowest BCUT2D eigenvalue weighted by Gasteiger charge is -2.39. The highest BCUT2D eigenvalue weighted by atomic mass is 127. The van der Waals surface area contributed by atoms with E-state index in [2.05, 4.69) is 62.1 Å². The molecule has 1 saturated heterocycles. The van der Waals surface area contributed by atoms with Gasteiger partial charge in [-0.15, -0.1) is 0 Å². The van der Waals surface area contributed by atoms with Crippen molar-refractivity contribution in [1.29, 1.82) is 0 Å². The van der Waals surface area contributed by atoms with Crippen molar-refractivity contribution in [3.63, 3.8) is 0 Å². The van der Waals surface area contributed by atoms with Gasteiger partial charge in [0.25, 0.3) is 0 Å². The third-order valence-electron chi connectivity index (χ3n) is 5.65. The number of halogens is 1. The lowest BCUT2D eigenvalue weighted by molar-refractivity contribution is 0.0604. The van der Waals surface area contributed by atoms with E-state index < -0.39 is 11.7 Å². The molecular formula is C23H34IN3O2. The highest BCUT2D eigenvalue weighted by molar-refractivity contribution is 14.1. The number of aliphatic imine (C=N–C) groups is 1. The average Bonchev–Trinajstić information content (AvgIpc) is 2.67. The molecule has 1 N–H and O–H groups in total.